The minimum Gasteiger partial charge on any atom is -0.339 e. The van der Waals surface area contributed by atoms with Crippen molar-refractivity contribution in [3.63, 3.8) is 0 Å². The summed E-state index contributed by atoms with van der Waals surface area (Å²) >= 11 is 0. The minimum absolute atomic E-state index is 0.0481. The zero-order chi connectivity index (χ0) is 14.5. The number of amides is 2. The fraction of sp³-hybridized carbons (Fsp3) is 0.867. The van der Waals surface area contributed by atoms with Gasteiger partial charge in [0.05, 0.1) is 0 Å². The van der Waals surface area contributed by atoms with Gasteiger partial charge in [0.2, 0.25) is 11.8 Å². The Hall–Kier alpha value is -1.10. The van der Waals surface area contributed by atoms with E-state index in [-0.39, 0.29) is 17.7 Å². The van der Waals surface area contributed by atoms with E-state index in [1.165, 1.54) is 0 Å². The van der Waals surface area contributed by atoms with E-state index < -0.39 is 0 Å². The third-order valence-electron chi connectivity index (χ3n) is 4.36. The van der Waals surface area contributed by atoms with Gasteiger partial charge in [-0.1, -0.05) is 13.8 Å². The van der Waals surface area contributed by atoms with Crippen molar-refractivity contribution >= 4 is 11.8 Å². The summed E-state index contributed by atoms with van der Waals surface area (Å²) in [4.78, 5) is 28.0. The topological polar surface area (TPSA) is 52.7 Å². The molecule has 0 atom stereocenters. The van der Waals surface area contributed by atoms with Crippen molar-refractivity contribution in [3.05, 3.63) is 0 Å². The molecular formula is C15H27N3O2. The largest absolute Gasteiger partial charge is 0.339 e. The average molecular weight is 281 g/mol. The summed E-state index contributed by atoms with van der Waals surface area (Å²) in [6, 6.07) is 0. The van der Waals surface area contributed by atoms with Gasteiger partial charge in [-0.3, -0.25) is 9.59 Å². The Balaban J connectivity index is 1.75. The molecule has 0 aliphatic carbocycles. The highest BCUT2D eigenvalue weighted by atomic mass is 16.2. The monoisotopic (exact) mass is 281 g/mol. The number of piperazine rings is 1. The Morgan fingerprint density at radius 2 is 1.60 bits per heavy atom. The van der Waals surface area contributed by atoms with Crippen molar-refractivity contribution in [3.8, 4) is 0 Å². The number of nitrogens with zero attached hydrogens (tertiary/aromatic N) is 2. The maximum absolute atomic E-state index is 12.3. The molecule has 0 radical (unpaired) electrons. The smallest absolute Gasteiger partial charge is 0.225 e. The lowest BCUT2D eigenvalue weighted by atomic mass is 9.94. The van der Waals surface area contributed by atoms with Crippen molar-refractivity contribution < 1.29 is 9.59 Å². The van der Waals surface area contributed by atoms with Crippen LogP contribution in [0.4, 0.5) is 0 Å². The molecular weight excluding hydrogens is 254 g/mol. The van der Waals surface area contributed by atoms with E-state index in [1.54, 1.807) is 0 Å². The van der Waals surface area contributed by atoms with Gasteiger partial charge in [0.15, 0.2) is 0 Å². The van der Waals surface area contributed by atoms with Crippen LogP contribution < -0.4 is 5.32 Å². The van der Waals surface area contributed by atoms with Gasteiger partial charge in [-0.2, -0.15) is 0 Å². The highest BCUT2D eigenvalue weighted by molar-refractivity contribution is 5.79. The van der Waals surface area contributed by atoms with Crippen LogP contribution in [0.1, 0.15) is 33.1 Å². The molecule has 2 aliphatic rings. The molecule has 0 saturated carbocycles. The Morgan fingerprint density at radius 3 is 2.15 bits per heavy atom. The molecule has 2 saturated heterocycles. The number of carbonyl (C=O) groups is 2. The van der Waals surface area contributed by atoms with Gasteiger partial charge in [0.1, 0.15) is 0 Å². The van der Waals surface area contributed by atoms with Gasteiger partial charge in [-0.05, 0) is 31.8 Å². The predicted octanol–water partition coefficient (Wildman–Crippen LogP) is 0.703. The van der Waals surface area contributed by atoms with E-state index in [0.29, 0.717) is 38.5 Å². The van der Waals surface area contributed by atoms with E-state index in [1.807, 2.05) is 23.6 Å². The second-order valence-corrected chi connectivity index (χ2v) is 6.26. The van der Waals surface area contributed by atoms with Crippen LogP contribution in [-0.2, 0) is 9.59 Å². The molecule has 5 heteroatoms. The van der Waals surface area contributed by atoms with Crippen molar-refractivity contribution in [2.75, 3.05) is 39.3 Å². The van der Waals surface area contributed by atoms with Crippen LogP contribution in [0.5, 0.6) is 0 Å². The SMILES string of the molecule is CC(C)C(=O)N1CCN(C(=O)CC2CCNCC2)CC1. The first-order valence-electron chi connectivity index (χ1n) is 7.85. The van der Waals surface area contributed by atoms with Gasteiger partial charge in [0.25, 0.3) is 0 Å². The summed E-state index contributed by atoms with van der Waals surface area (Å²) in [6.07, 6.45) is 2.90. The maximum atomic E-state index is 12.3. The molecule has 2 rings (SSSR count). The summed E-state index contributed by atoms with van der Waals surface area (Å²) in [5.41, 5.74) is 0. The summed E-state index contributed by atoms with van der Waals surface area (Å²) in [6.45, 7) is 8.70. The summed E-state index contributed by atoms with van der Waals surface area (Å²) < 4.78 is 0. The van der Waals surface area contributed by atoms with Crippen LogP contribution >= 0.6 is 0 Å². The zero-order valence-corrected chi connectivity index (χ0v) is 12.7. The normalized spacial score (nSPS) is 21.4. The Labute approximate surface area is 121 Å². The van der Waals surface area contributed by atoms with E-state index in [9.17, 15) is 9.59 Å². The van der Waals surface area contributed by atoms with Gasteiger partial charge >= 0.3 is 0 Å². The van der Waals surface area contributed by atoms with Gasteiger partial charge in [0, 0.05) is 38.5 Å². The quantitative estimate of drug-likeness (QED) is 0.828. The standard InChI is InChI=1S/C15H27N3O2/c1-12(2)15(20)18-9-7-17(8-10-18)14(19)11-13-3-5-16-6-4-13/h12-13,16H,3-11H2,1-2H3. The van der Waals surface area contributed by atoms with Crippen LogP contribution in [0, 0.1) is 11.8 Å². The predicted molar refractivity (Wildman–Crippen MR) is 78.2 cm³/mol. The average Bonchev–Trinajstić information content (AvgIpc) is 2.47. The number of nitrogens with one attached hydrogen (secondary N) is 1. The van der Waals surface area contributed by atoms with Gasteiger partial charge in [-0.25, -0.2) is 0 Å². The molecule has 20 heavy (non-hydrogen) atoms. The number of rotatable bonds is 3. The molecule has 5 nitrogen and oxygen atoms in total. The second-order valence-electron chi connectivity index (χ2n) is 6.26. The molecule has 0 bridgehead atoms. The van der Waals surface area contributed by atoms with E-state index in [0.717, 1.165) is 25.9 Å². The molecule has 0 aromatic heterocycles. The lowest BCUT2D eigenvalue weighted by molar-refractivity contribution is -0.142. The zero-order valence-electron chi connectivity index (χ0n) is 12.7. The fourth-order valence-corrected chi connectivity index (χ4v) is 3.00. The molecule has 1 N–H and O–H groups in total. The summed E-state index contributed by atoms with van der Waals surface area (Å²) in [5.74, 6) is 1.06. The van der Waals surface area contributed by atoms with Gasteiger partial charge < -0.3 is 15.1 Å². The third kappa shape index (κ3) is 3.95. The van der Waals surface area contributed by atoms with Crippen molar-refractivity contribution in [2.45, 2.75) is 33.1 Å². The van der Waals surface area contributed by atoms with Crippen molar-refractivity contribution in [2.24, 2.45) is 11.8 Å². The molecule has 0 unspecified atom stereocenters. The van der Waals surface area contributed by atoms with Crippen LogP contribution in [0.2, 0.25) is 0 Å². The second kappa shape index (κ2) is 7.07. The molecule has 114 valence electrons. The van der Waals surface area contributed by atoms with Crippen LogP contribution in [-0.4, -0.2) is 60.9 Å². The highest BCUT2D eigenvalue weighted by Crippen LogP contribution is 2.18. The first-order valence-corrected chi connectivity index (χ1v) is 7.85. The van der Waals surface area contributed by atoms with Crippen LogP contribution in [0.25, 0.3) is 0 Å². The van der Waals surface area contributed by atoms with Crippen molar-refractivity contribution in [1.82, 2.24) is 15.1 Å². The molecule has 2 amide bonds. The minimum atomic E-state index is 0.0481. The highest BCUT2D eigenvalue weighted by Gasteiger charge is 2.26. The molecule has 0 aromatic rings. The Kier molecular flexibility index (Phi) is 5.40. The molecule has 2 aliphatic heterocycles. The van der Waals surface area contributed by atoms with Crippen LogP contribution in [0.15, 0.2) is 0 Å². The Bertz CT molecular complexity index is 343. The Morgan fingerprint density at radius 1 is 1.05 bits per heavy atom. The summed E-state index contributed by atoms with van der Waals surface area (Å²) in [7, 11) is 0. The maximum Gasteiger partial charge on any atom is 0.225 e. The van der Waals surface area contributed by atoms with E-state index in [4.69, 9.17) is 0 Å². The van der Waals surface area contributed by atoms with Crippen LogP contribution in [0.3, 0.4) is 0 Å². The fourth-order valence-electron chi connectivity index (χ4n) is 3.00. The number of carbonyl (C=O) groups excluding carboxylic acids is 2. The number of hydrogen-bond acceptors (Lipinski definition) is 3. The third-order valence-corrected chi connectivity index (χ3v) is 4.36. The van der Waals surface area contributed by atoms with Gasteiger partial charge in [-0.15, -0.1) is 0 Å². The lowest BCUT2D eigenvalue weighted by Gasteiger charge is -2.36. The lowest BCUT2D eigenvalue weighted by Crippen LogP contribution is -2.51. The molecule has 2 fully saturated rings. The first-order chi connectivity index (χ1) is 9.58. The number of piperidine rings is 1. The summed E-state index contributed by atoms with van der Waals surface area (Å²) in [5, 5.41) is 3.33. The number of hydrogen-bond donors (Lipinski definition) is 1. The van der Waals surface area contributed by atoms with E-state index >= 15 is 0 Å². The van der Waals surface area contributed by atoms with Crippen molar-refractivity contribution in [1.29, 1.82) is 0 Å². The van der Waals surface area contributed by atoms with E-state index in [2.05, 4.69) is 5.32 Å². The molecule has 0 spiro atoms. The molecule has 0 aromatic carbocycles. The molecule has 2 heterocycles. The first kappa shape index (κ1) is 15.3.